The summed E-state index contributed by atoms with van der Waals surface area (Å²) in [7, 11) is 3.42. The Balaban J connectivity index is 2.97. The van der Waals surface area contributed by atoms with Gasteiger partial charge >= 0.3 is 0 Å². The van der Waals surface area contributed by atoms with Crippen LogP contribution in [0.15, 0.2) is 16.5 Å². The molecule has 2 N–H and O–H groups in total. The minimum atomic E-state index is -0.0447. The van der Waals surface area contributed by atoms with Gasteiger partial charge < -0.3 is 19.6 Å². The van der Waals surface area contributed by atoms with Crippen LogP contribution in [-0.4, -0.2) is 51.0 Å². The summed E-state index contributed by atoms with van der Waals surface area (Å²) in [4.78, 5) is 2.29. The Labute approximate surface area is 122 Å². The molecule has 0 saturated heterocycles. The third-order valence-corrected chi connectivity index (χ3v) is 3.44. The number of rotatable bonds is 9. The Kier molecular flexibility index (Phi) is 7.23. The third-order valence-electron chi connectivity index (χ3n) is 3.44. The fourth-order valence-electron chi connectivity index (χ4n) is 2.50. The van der Waals surface area contributed by atoms with Crippen LogP contribution < -0.4 is 5.73 Å². The largest absolute Gasteiger partial charge is 0.465 e. The standard InChI is InChI=1S/C15H28N2O3/c1-11(10-19-5)17(8-9-18-4)15(13(3)16)14-7-6-12(2)20-14/h6-7,11,13,15H,8-10,16H2,1-5H3. The Bertz CT molecular complexity index is 379. The van der Waals surface area contributed by atoms with E-state index in [0.29, 0.717) is 13.2 Å². The number of methoxy groups -OCH3 is 2. The van der Waals surface area contributed by atoms with Crippen LogP contribution in [0.1, 0.15) is 31.4 Å². The van der Waals surface area contributed by atoms with E-state index < -0.39 is 0 Å². The van der Waals surface area contributed by atoms with Crippen LogP contribution in [0.25, 0.3) is 0 Å². The zero-order valence-corrected chi connectivity index (χ0v) is 13.3. The zero-order valence-electron chi connectivity index (χ0n) is 13.3. The van der Waals surface area contributed by atoms with Gasteiger partial charge in [0.05, 0.1) is 19.3 Å². The molecule has 5 heteroatoms. The van der Waals surface area contributed by atoms with Gasteiger partial charge in [-0.25, -0.2) is 0 Å². The van der Waals surface area contributed by atoms with Crippen molar-refractivity contribution in [2.75, 3.05) is 34.0 Å². The minimum Gasteiger partial charge on any atom is -0.465 e. The highest BCUT2D eigenvalue weighted by Crippen LogP contribution is 2.27. The number of hydrogen-bond acceptors (Lipinski definition) is 5. The summed E-state index contributed by atoms with van der Waals surface area (Å²) in [6, 6.07) is 4.18. The summed E-state index contributed by atoms with van der Waals surface area (Å²) in [6.45, 7) is 8.16. The first-order chi connectivity index (χ1) is 9.51. The summed E-state index contributed by atoms with van der Waals surface area (Å²) in [5, 5.41) is 0. The first-order valence-corrected chi connectivity index (χ1v) is 7.06. The van der Waals surface area contributed by atoms with E-state index in [9.17, 15) is 0 Å². The van der Waals surface area contributed by atoms with Gasteiger partial charge in [0, 0.05) is 32.8 Å². The van der Waals surface area contributed by atoms with Crippen LogP contribution in [-0.2, 0) is 9.47 Å². The van der Waals surface area contributed by atoms with E-state index in [2.05, 4.69) is 11.8 Å². The molecule has 0 amide bonds. The van der Waals surface area contributed by atoms with E-state index in [1.165, 1.54) is 0 Å². The Morgan fingerprint density at radius 2 is 1.95 bits per heavy atom. The van der Waals surface area contributed by atoms with Crippen molar-refractivity contribution in [3.05, 3.63) is 23.7 Å². The molecular weight excluding hydrogens is 256 g/mol. The molecule has 0 aromatic carbocycles. The average molecular weight is 284 g/mol. The zero-order chi connectivity index (χ0) is 15.1. The number of furan rings is 1. The molecule has 3 unspecified atom stereocenters. The predicted octanol–water partition coefficient (Wildman–Crippen LogP) is 1.96. The fourth-order valence-corrected chi connectivity index (χ4v) is 2.50. The highest BCUT2D eigenvalue weighted by Gasteiger charge is 2.30. The molecule has 0 saturated carbocycles. The Hall–Kier alpha value is -0.880. The monoisotopic (exact) mass is 284 g/mol. The molecule has 1 rings (SSSR count). The molecule has 3 atom stereocenters. The topological polar surface area (TPSA) is 60.9 Å². The molecule has 1 aromatic heterocycles. The molecule has 20 heavy (non-hydrogen) atoms. The number of hydrogen-bond donors (Lipinski definition) is 1. The molecule has 1 heterocycles. The molecule has 0 aliphatic heterocycles. The third kappa shape index (κ3) is 4.59. The summed E-state index contributed by atoms with van der Waals surface area (Å²) in [5.41, 5.74) is 6.20. The smallest absolute Gasteiger partial charge is 0.122 e. The van der Waals surface area contributed by atoms with Crippen LogP contribution in [0, 0.1) is 6.92 Å². The van der Waals surface area contributed by atoms with Gasteiger partial charge in [0.15, 0.2) is 0 Å². The lowest BCUT2D eigenvalue weighted by Crippen LogP contribution is -2.47. The van der Waals surface area contributed by atoms with Crippen LogP contribution in [0.2, 0.25) is 0 Å². The van der Waals surface area contributed by atoms with Crippen molar-refractivity contribution in [2.45, 2.75) is 38.9 Å². The van der Waals surface area contributed by atoms with Gasteiger partial charge in [0.1, 0.15) is 11.5 Å². The summed E-state index contributed by atoms with van der Waals surface area (Å²) in [6.07, 6.45) is 0. The SMILES string of the molecule is COCCN(C(C)COC)C(c1ccc(C)o1)C(C)N. The molecule has 0 aliphatic carbocycles. The molecule has 0 bridgehead atoms. The molecule has 0 fully saturated rings. The van der Waals surface area contributed by atoms with Gasteiger partial charge in [-0.2, -0.15) is 0 Å². The molecule has 116 valence electrons. The molecular formula is C15H28N2O3. The summed E-state index contributed by atoms with van der Waals surface area (Å²) >= 11 is 0. The second-order valence-corrected chi connectivity index (χ2v) is 5.29. The molecule has 0 radical (unpaired) electrons. The van der Waals surface area contributed by atoms with Gasteiger partial charge in [-0.05, 0) is 32.9 Å². The predicted molar refractivity (Wildman–Crippen MR) is 79.8 cm³/mol. The van der Waals surface area contributed by atoms with Crippen LogP contribution >= 0.6 is 0 Å². The van der Waals surface area contributed by atoms with E-state index in [0.717, 1.165) is 18.1 Å². The first kappa shape index (κ1) is 17.2. The Morgan fingerprint density at radius 1 is 1.25 bits per heavy atom. The summed E-state index contributed by atoms with van der Waals surface area (Å²) in [5.74, 6) is 1.80. The van der Waals surface area contributed by atoms with E-state index in [-0.39, 0.29) is 18.1 Å². The highest BCUT2D eigenvalue weighted by molar-refractivity contribution is 5.12. The van der Waals surface area contributed by atoms with Crippen LogP contribution in [0.4, 0.5) is 0 Å². The quantitative estimate of drug-likeness (QED) is 0.751. The van der Waals surface area contributed by atoms with Crippen LogP contribution in [0.5, 0.6) is 0 Å². The molecule has 5 nitrogen and oxygen atoms in total. The van der Waals surface area contributed by atoms with E-state index in [4.69, 9.17) is 19.6 Å². The van der Waals surface area contributed by atoms with Crippen molar-refractivity contribution in [3.63, 3.8) is 0 Å². The van der Waals surface area contributed by atoms with Gasteiger partial charge in [0.25, 0.3) is 0 Å². The van der Waals surface area contributed by atoms with Gasteiger partial charge in [-0.1, -0.05) is 0 Å². The van der Waals surface area contributed by atoms with E-state index >= 15 is 0 Å². The van der Waals surface area contributed by atoms with Crippen molar-refractivity contribution in [1.82, 2.24) is 4.90 Å². The molecule has 1 aromatic rings. The molecule has 0 spiro atoms. The van der Waals surface area contributed by atoms with E-state index in [1.807, 2.05) is 26.0 Å². The molecule has 0 aliphatic rings. The lowest BCUT2D eigenvalue weighted by Gasteiger charge is -2.37. The Morgan fingerprint density at radius 3 is 2.40 bits per heavy atom. The summed E-state index contributed by atoms with van der Waals surface area (Å²) < 4.78 is 16.3. The van der Waals surface area contributed by atoms with Gasteiger partial charge in [-0.3, -0.25) is 4.90 Å². The van der Waals surface area contributed by atoms with Crippen molar-refractivity contribution >= 4 is 0 Å². The second-order valence-electron chi connectivity index (χ2n) is 5.29. The number of nitrogens with two attached hydrogens (primary N) is 1. The van der Waals surface area contributed by atoms with Crippen molar-refractivity contribution in [3.8, 4) is 0 Å². The first-order valence-electron chi connectivity index (χ1n) is 7.06. The number of ether oxygens (including phenoxy) is 2. The second kappa shape index (κ2) is 8.42. The van der Waals surface area contributed by atoms with Crippen LogP contribution in [0.3, 0.4) is 0 Å². The number of aryl methyl sites for hydroxylation is 1. The minimum absolute atomic E-state index is 0.0176. The highest BCUT2D eigenvalue weighted by atomic mass is 16.5. The maximum Gasteiger partial charge on any atom is 0.122 e. The van der Waals surface area contributed by atoms with Gasteiger partial charge in [0.2, 0.25) is 0 Å². The van der Waals surface area contributed by atoms with Crippen molar-refractivity contribution in [1.29, 1.82) is 0 Å². The van der Waals surface area contributed by atoms with Crippen molar-refractivity contribution in [2.24, 2.45) is 5.73 Å². The lowest BCUT2D eigenvalue weighted by atomic mass is 10.0. The van der Waals surface area contributed by atoms with Crippen molar-refractivity contribution < 1.29 is 13.9 Å². The lowest BCUT2D eigenvalue weighted by molar-refractivity contribution is 0.0329. The maximum absolute atomic E-state index is 6.20. The van der Waals surface area contributed by atoms with Gasteiger partial charge in [-0.15, -0.1) is 0 Å². The normalized spacial score (nSPS) is 16.4. The number of nitrogens with zero attached hydrogens (tertiary/aromatic N) is 1. The fraction of sp³-hybridized carbons (Fsp3) is 0.733. The van der Waals surface area contributed by atoms with E-state index in [1.54, 1.807) is 14.2 Å². The average Bonchev–Trinajstić information content (AvgIpc) is 2.80. The maximum atomic E-state index is 6.20.